The van der Waals surface area contributed by atoms with E-state index < -0.39 is 12.6 Å². The maximum absolute atomic E-state index is 12.3. The summed E-state index contributed by atoms with van der Waals surface area (Å²) in [5.74, 6) is 0.149. The van der Waals surface area contributed by atoms with Gasteiger partial charge >= 0.3 is 6.18 Å². The molecule has 1 aromatic heterocycles. The van der Waals surface area contributed by atoms with Gasteiger partial charge in [-0.15, -0.1) is 0 Å². The van der Waals surface area contributed by atoms with Gasteiger partial charge in [-0.3, -0.25) is 14.5 Å². The molecule has 0 bridgehead atoms. The SMILES string of the molecule is CN=C(NCCC(F)(F)F)N1CCN(c2cnn(C)c2)C(=O)C1. The van der Waals surface area contributed by atoms with Crippen molar-refractivity contribution in [2.24, 2.45) is 12.0 Å². The first-order valence-electron chi connectivity index (χ1n) is 7.11. The third-order valence-electron chi connectivity index (χ3n) is 3.43. The van der Waals surface area contributed by atoms with E-state index >= 15 is 0 Å². The molecule has 2 heterocycles. The summed E-state index contributed by atoms with van der Waals surface area (Å²) in [4.78, 5) is 19.4. The number of anilines is 1. The number of rotatable bonds is 3. The summed E-state index contributed by atoms with van der Waals surface area (Å²) in [5, 5.41) is 6.67. The topological polar surface area (TPSA) is 65.8 Å². The molecule has 1 fully saturated rings. The molecule has 0 atom stereocenters. The highest BCUT2D eigenvalue weighted by Crippen LogP contribution is 2.18. The molecule has 7 nitrogen and oxygen atoms in total. The lowest BCUT2D eigenvalue weighted by molar-refractivity contribution is -0.133. The van der Waals surface area contributed by atoms with Crippen LogP contribution < -0.4 is 10.2 Å². The molecular formula is C13H19F3N6O. The van der Waals surface area contributed by atoms with E-state index in [1.165, 1.54) is 7.05 Å². The molecule has 0 spiro atoms. The first kappa shape index (κ1) is 17.1. The number of amides is 1. The third kappa shape index (κ3) is 4.60. The maximum atomic E-state index is 12.3. The van der Waals surface area contributed by atoms with Crippen LogP contribution in [0.3, 0.4) is 0 Å². The summed E-state index contributed by atoms with van der Waals surface area (Å²) in [6, 6.07) is 0. The minimum absolute atomic E-state index is 0.0561. The molecule has 0 unspecified atom stereocenters. The van der Waals surface area contributed by atoms with E-state index in [2.05, 4.69) is 15.4 Å². The Morgan fingerprint density at radius 2 is 2.17 bits per heavy atom. The molecule has 1 aliphatic heterocycles. The van der Waals surface area contributed by atoms with Crippen LogP contribution in [0.5, 0.6) is 0 Å². The zero-order chi connectivity index (χ0) is 17.0. The van der Waals surface area contributed by atoms with Crippen LogP contribution >= 0.6 is 0 Å². The molecule has 128 valence electrons. The molecule has 0 aliphatic carbocycles. The molecule has 0 radical (unpaired) electrons. The molecular weight excluding hydrogens is 313 g/mol. The molecule has 1 amide bonds. The Bertz CT molecular complexity index is 583. The number of carbonyl (C=O) groups excluding carboxylic acids is 1. The Morgan fingerprint density at radius 3 is 2.70 bits per heavy atom. The first-order valence-corrected chi connectivity index (χ1v) is 7.11. The Hall–Kier alpha value is -2.26. The van der Waals surface area contributed by atoms with Crippen LogP contribution in [0.2, 0.25) is 0 Å². The normalized spacial score (nSPS) is 16.9. The van der Waals surface area contributed by atoms with Crippen LogP contribution in [0.1, 0.15) is 6.42 Å². The Kier molecular flexibility index (Phi) is 5.12. The van der Waals surface area contributed by atoms with Gasteiger partial charge in [0.25, 0.3) is 0 Å². The summed E-state index contributed by atoms with van der Waals surface area (Å²) in [6.45, 7) is 0.685. The van der Waals surface area contributed by atoms with Gasteiger partial charge in [0.2, 0.25) is 5.91 Å². The predicted octanol–water partition coefficient (Wildman–Crippen LogP) is 0.596. The predicted molar refractivity (Wildman–Crippen MR) is 79.2 cm³/mol. The number of aliphatic imine (C=N–C) groups is 1. The number of alkyl halides is 3. The first-order chi connectivity index (χ1) is 10.8. The van der Waals surface area contributed by atoms with Crippen LogP contribution in [0, 0.1) is 0 Å². The van der Waals surface area contributed by atoms with Gasteiger partial charge in [0.1, 0.15) is 6.54 Å². The summed E-state index contributed by atoms with van der Waals surface area (Å²) in [5.41, 5.74) is 0.706. The summed E-state index contributed by atoms with van der Waals surface area (Å²) < 4.78 is 38.2. The maximum Gasteiger partial charge on any atom is 0.390 e. The lowest BCUT2D eigenvalue weighted by Crippen LogP contribution is -2.55. The van der Waals surface area contributed by atoms with E-state index in [1.54, 1.807) is 33.9 Å². The fraction of sp³-hybridized carbons (Fsp3) is 0.615. The van der Waals surface area contributed by atoms with E-state index in [0.717, 1.165) is 0 Å². The molecule has 1 aromatic rings. The van der Waals surface area contributed by atoms with E-state index in [4.69, 9.17) is 0 Å². The number of nitrogens with one attached hydrogen (secondary N) is 1. The summed E-state index contributed by atoms with van der Waals surface area (Å²) in [7, 11) is 3.24. The van der Waals surface area contributed by atoms with Gasteiger partial charge < -0.3 is 15.1 Å². The van der Waals surface area contributed by atoms with Crippen LogP contribution in [0.25, 0.3) is 0 Å². The quantitative estimate of drug-likeness (QED) is 0.650. The van der Waals surface area contributed by atoms with Crippen LogP contribution in [-0.4, -0.2) is 66.0 Å². The second-order valence-electron chi connectivity index (χ2n) is 5.18. The van der Waals surface area contributed by atoms with Gasteiger partial charge in [-0.05, 0) is 0 Å². The number of aryl methyl sites for hydroxylation is 1. The minimum atomic E-state index is -4.22. The van der Waals surface area contributed by atoms with Gasteiger partial charge in [-0.25, -0.2) is 0 Å². The van der Waals surface area contributed by atoms with Crippen molar-refractivity contribution in [3.8, 4) is 0 Å². The average Bonchev–Trinajstić information content (AvgIpc) is 2.88. The van der Waals surface area contributed by atoms with Crippen molar-refractivity contribution in [2.45, 2.75) is 12.6 Å². The number of carbonyl (C=O) groups is 1. The van der Waals surface area contributed by atoms with Gasteiger partial charge in [-0.2, -0.15) is 18.3 Å². The molecule has 2 rings (SSSR count). The van der Waals surface area contributed by atoms with E-state index in [-0.39, 0.29) is 19.0 Å². The fourth-order valence-electron chi connectivity index (χ4n) is 2.32. The highest BCUT2D eigenvalue weighted by Gasteiger charge is 2.29. The minimum Gasteiger partial charge on any atom is -0.356 e. The monoisotopic (exact) mass is 332 g/mol. The van der Waals surface area contributed by atoms with Crippen molar-refractivity contribution >= 4 is 17.6 Å². The van der Waals surface area contributed by atoms with Crippen molar-refractivity contribution in [2.75, 3.05) is 38.1 Å². The van der Waals surface area contributed by atoms with Gasteiger partial charge in [0, 0.05) is 39.9 Å². The van der Waals surface area contributed by atoms with E-state index in [1.807, 2.05) is 0 Å². The molecule has 1 aliphatic rings. The van der Waals surface area contributed by atoms with Crippen molar-refractivity contribution in [3.05, 3.63) is 12.4 Å². The number of hydrogen-bond donors (Lipinski definition) is 1. The standard InChI is InChI=1S/C13H19F3N6O/c1-17-12(18-4-3-13(14,15)16)21-5-6-22(11(23)9-21)10-7-19-20(2)8-10/h7-8H,3-6,9H2,1-2H3,(H,17,18). The lowest BCUT2D eigenvalue weighted by atomic mass is 10.3. The largest absolute Gasteiger partial charge is 0.390 e. The van der Waals surface area contributed by atoms with Crippen molar-refractivity contribution in [1.82, 2.24) is 20.0 Å². The van der Waals surface area contributed by atoms with Crippen LogP contribution in [-0.2, 0) is 11.8 Å². The van der Waals surface area contributed by atoms with Gasteiger partial charge in [0.15, 0.2) is 5.96 Å². The number of halogens is 3. The van der Waals surface area contributed by atoms with Crippen LogP contribution in [0.15, 0.2) is 17.4 Å². The van der Waals surface area contributed by atoms with Crippen molar-refractivity contribution in [1.29, 1.82) is 0 Å². The van der Waals surface area contributed by atoms with Gasteiger partial charge in [-0.1, -0.05) is 0 Å². The summed E-state index contributed by atoms with van der Waals surface area (Å²) in [6.07, 6.45) is -1.83. The van der Waals surface area contributed by atoms with Crippen molar-refractivity contribution in [3.63, 3.8) is 0 Å². The van der Waals surface area contributed by atoms with E-state index in [9.17, 15) is 18.0 Å². The molecule has 0 saturated carbocycles. The highest BCUT2D eigenvalue weighted by atomic mass is 19.4. The highest BCUT2D eigenvalue weighted by molar-refractivity contribution is 5.98. The molecule has 1 N–H and O–H groups in total. The van der Waals surface area contributed by atoms with Crippen molar-refractivity contribution < 1.29 is 18.0 Å². The number of piperazine rings is 1. The zero-order valence-corrected chi connectivity index (χ0v) is 13.0. The van der Waals surface area contributed by atoms with Crippen LogP contribution in [0.4, 0.5) is 18.9 Å². The third-order valence-corrected chi connectivity index (χ3v) is 3.43. The number of hydrogen-bond acceptors (Lipinski definition) is 3. The molecule has 10 heteroatoms. The number of guanidine groups is 1. The second-order valence-corrected chi connectivity index (χ2v) is 5.18. The fourth-order valence-corrected chi connectivity index (χ4v) is 2.32. The Labute approximate surface area is 131 Å². The number of nitrogens with zero attached hydrogens (tertiary/aromatic N) is 5. The zero-order valence-electron chi connectivity index (χ0n) is 13.0. The molecule has 1 saturated heterocycles. The molecule has 23 heavy (non-hydrogen) atoms. The van der Waals surface area contributed by atoms with E-state index in [0.29, 0.717) is 24.7 Å². The Morgan fingerprint density at radius 1 is 1.43 bits per heavy atom. The molecule has 0 aromatic carbocycles. The smallest absolute Gasteiger partial charge is 0.356 e. The average molecular weight is 332 g/mol. The second kappa shape index (κ2) is 6.88. The summed E-state index contributed by atoms with van der Waals surface area (Å²) >= 11 is 0. The number of aromatic nitrogens is 2. The lowest BCUT2D eigenvalue weighted by Gasteiger charge is -2.35. The van der Waals surface area contributed by atoms with Gasteiger partial charge in [0.05, 0.1) is 18.3 Å². The Balaban J connectivity index is 1.91.